The summed E-state index contributed by atoms with van der Waals surface area (Å²) in [5, 5.41) is 10.5. The van der Waals surface area contributed by atoms with E-state index in [2.05, 4.69) is 37.6 Å². The molecule has 1 saturated heterocycles. The van der Waals surface area contributed by atoms with Crippen molar-refractivity contribution >= 4 is 17.4 Å². The number of carbonyl (C=O) groups is 1. The van der Waals surface area contributed by atoms with Crippen LogP contribution in [0.3, 0.4) is 0 Å². The fraction of sp³-hybridized carbons (Fsp3) is 0.600. The number of hydrogen-bond donors (Lipinski definition) is 0. The Morgan fingerprint density at radius 1 is 1.32 bits per heavy atom. The zero-order valence-corrected chi connectivity index (χ0v) is 13.7. The minimum Gasteiger partial charge on any atom is -0.358 e. The fourth-order valence-electron chi connectivity index (χ4n) is 2.05. The first kappa shape index (κ1) is 18.0. The summed E-state index contributed by atoms with van der Waals surface area (Å²) in [6, 6.07) is 3.21. The van der Waals surface area contributed by atoms with E-state index < -0.39 is 4.92 Å². The molecule has 7 heteroatoms. The largest absolute Gasteiger partial charge is 0.363 e. The van der Waals surface area contributed by atoms with Crippen molar-refractivity contribution in [3.05, 3.63) is 28.4 Å². The highest BCUT2D eigenvalue weighted by Gasteiger charge is 2.27. The third-order valence-corrected chi connectivity index (χ3v) is 3.21. The van der Waals surface area contributed by atoms with Crippen molar-refractivity contribution < 1.29 is 9.72 Å². The van der Waals surface area contributed by atoms with Gasteiger partial charge in [0, 0.05) is 25.2 Å². The summed E-state index contributed by atoms with van der Waals surface area (Å²) in [7, 11) is 0. The van der Waals surface area contributed by atoms with E-state index in [1.165, 1.54) is 18.7 Å². The summed E-state index contributed by atoms with van der Waals surface area (Å²) >= 11 is 0. The Balaban J connectivity index is 0.000000745. The van der Waals surface area contributed by atoms with Crippen molar-refractivity contribution in [2.24, 2.45) is 0 Å². The predicted molar refractivity (Wildman–Crippen MR) is 85.9 cm³/mol. The number of anilines is 1. The SMILES string of the molecule is CC(C)N1CCN(c2ccc([N+](=O)[O-])nc2)C(=O)C1.CCC. The number of rotatable bonds is 3. The monoisotopic (exact) mass is 308 g/mol. The molecule has 0 atom stereocenters. The molecule has 1 aromatic rings. The van der Waals surface area contributed by atoms with Crippen LogP contribution < -0.4 is 4.90 Å². The van der Waals surface area contributed by atoms with Crippen LogP contribution in [0, 0.1) is 10.1 Å². The van der Waals surface area contributed by atoms with Crippen LogP contribution in [0.4, 0.5) is 11.5 Å². The van der Waals surface area contributed by atoms with E-state index in [-0.39, 0.29) is 11.7 Å². The fourth-order valence-corrected chi connectivity index (χ4v) is 2.05. The lowest BCUT2D eigenvalue weighted by Crippen LogP contribution is -2.52. The van der Waals surface area contributed by atoms with Crippen LogP contribution in [-0.4, -0.2) is 46.4 Å². The molecular weight excluding hydrogens is 284 g/mol. The smallest absolute Gasteiger partial charge is 0.358 e. The molecule has 1 aromatic heterocycles. The molecule has 1 aliphatic heterocycles. The lowest BCUT2D eigenvalue weighted by Gasteiger charge is -2.35. The van der Waals surface area contributed by atoms with Gasteiger partial charge in [0.2, 0.25) is 5.91 Å². The average molecular weight is 308 g/mol. The molecule has 122 valence electrons. The van der Waals surface area contributed by atoms with Crippen LogP contribution in [0.15, 0.2) is 18.3 Å². The van der Waals surface area contributed by atoms with Gasteiger partial charge in [0.05, 0.1) is 12.2 Å². The van der Waals surface area contributed by atoms with Crippen molar-refractivity contribution in [1.29, 1.82) is 0 Å². The van der Waals surface area contributed by atoms with E-state index in [1.807, 2.05) is 0 Å². The standard InChI is InChI=1S/C12H16N4O3.C3H8/c1-9(2)14-5-6-15(12(17)8-14)10-3-4-11(13-7-10)16(18)19;1-3-2/h3-4,7,9H,5-6,8H2,1-2H3;3H2,1-2H3. The molecule has 7 nitrogen and oxygen atoms in total. The maximum absolute atomic E-state index is 12.1. The summed E-state index contributed by atoms with van der Waals surface area (Å²) in [5.74, 6) is -0.215. The molecule has 0 spiro atoms. The van der Waals surface area contributed by atoms with Gasteiger partial charge in [0.25, 0.3) is 0 Å². The normalized spacial score (nSPS) is 15.5. The van der Waals surface area contributed by atoms with Crippen LogP contribution in [-0.2, 0) is 4.79 Å². The molecular formula is C15H24N4O3. The van der Waals surface area contributed by atoms with E-state index in [1.54, 1.807) is 11.0 Å². The number of carbonyl (C=O) groups excluding carboxylic acids is 1. The van der Waals surface area contributed by atoms with Crippen molar-refractivity contribution in [2.45, 2.75) is 40.2 Å². The van der Waals surface area contributed by atoms with Crippen molar-refractivity contribution in [2.75, 3.05) is 24.5 Å². The van der Waals surface area contributed by atoms with Gasteiger partial charge in [-0.3, -0.25) is 9.69 Å². The second-order valence-electron chi connectivity index (χ2n) is 5.45. The van der Waals surface area contributed by atoms with Crippen molar-refractivity contribution in [3.8, 4) is 0 Å². The first-order chi connectivity index (χ1) is 10.4. The first-order valence-corrected chi connectivity index (χ1v) is 7.55. The summed E-state index contributed by atoms with van der Waals surface area (Å²) in [6.07, 6.45) is 2.63. The van der Waals surface area contributed by atoms with Gasteiger partial charge in [-0.2, -0.15) is 0 Å². The minimum atomic E-state index is -0.553. The van der Waals surface area contributed by atoms with E-state index in [4.69, 9.17) is 0 Å². The Kier molecular flexibility index (Phi) is 6.91. The van der Waals surface area contributed by atoms with Gasteiger partial charge >= 0.3 is 5.82 Å². The highest BCUT2D eigenvalue weighted by atomic mass is 16.6. The second-order valence-corrected chi connectivity index (χ2v) is 5.45. The van der Waals surface area contributed by atoms with Crippen LogP contribution in [0.5, 0.6) is 0 Å². The number of hydrogen-bond acceptors (Lipinski definition) is 5. The van der Waals surface area contributed by atoms with Crippen molar-refractivity contribution in [1.82, 2.24) is 9.88 Å². The van der Waals surface area contributed by atoms with Gasteiger partial charge in [-0.15, -0.1) is 0 Å². The Morgan fingerprint density at radius 2 is 1.95 bits per heavy atom. The molecule has 0 radical (unpaired) electrons. The lowest BCUT2D eigenvalue weighted by molar-refractivity contribution is -0.389. The summed E-state index contributed by atoms with van der Waals surface area (Å²) in [6.45, 7) is 10.1. The van der Waals surface area contributed by atoms with Crippen LogP contribution >= 0.6 is 0 Å². The topological polar surface area (TPSA) is 79.6 Å². The van der Waals surface area contributed by atoms with Gasteiger partial charge in [-0.1, -0.05) is 20.3 Å². The maximum atomic E-state index is 12.1. The second kappa shape index (κ2) is 8.43. The zero-order valence-electron chi connectivity index (χ0n) is 13.7. The molecule has 2 rings (SSSR count). The highest BCUT2D eigenvalue weighted by molar-refractivity contribution is 5.95. The summed E-state index contributed by atoms with van der Waals surface area (Å²) < 4.78 is 0. The number of nitro groups is 1. The van der Waals surface area contributed by atoms with Gasteiger partial charge < -0.3 is 15.0 Å². The number of piperazine rings is 1. The third kappa shape index (κ3) is 4.77. The molecule has 0 N–H and O–H groups in total. The molecule has 2 heterocycles. The Bertz CT molecular complexity index is 502. The van der Waals surface area contributed by atoms with Gasteiger partial charge in [-0.25, -0.2) is 0 Å². The molecule has 1 amide bonds. The van der Waals surface area contributed by atoms with Gasteiger partial charge in [0.15, 0.2) is 6.20 Å². The maximum Gasteiger partial charge on any atom is 0.363 e. The third-order valence-electron chi connectivity index (χ3n) is 3.21. The molecule has 0 aromatic carbocycles. The first-order valence-electron chi connectivity index (χ1n) is 7.55. The van der Waals surface area contributed by atoms with Crippen molar-refractivity contribution in [3.63, 3.8) is 0 Å². The Hall–Kier alpha value is -2.02. The van der Waals surface area contributed by atoms with E-state index in [9.17, 15) is 14.9 Å². The molecule has 22 heavy (non-hydrogen) atoms. The molecule has 1 aliphatic rings. The van der Waals surface area contributed by atoms with Gasteiger partial charge in [-0.05, 0) is 29.8 Å². The Morgan fingerprint density at radius 3 is 2.36 bits per heavy atom. The summed E-state index contributed by atoms with van der Waals surface area (Å²) in [4.78, 5) is 29.5. The van der Waals surface area contributed by atoms with E-state index in [0.717, 1.165) is 6.54 Å². The number of nitrogens with zero attached hydrogens (tertiary/aromatic N) is 4. The molecule has 0 unspecified atom stereocenters. The molecule has 0 aliphatic carbocycles. The van der Waals surface area contributed by atoms with Gasteiger partial charge in [0.1, 0.15) is 0 Å². The zero-order chi connectivity index (χ0) is 16.7. The Labute approximate surface area is 131 Å². The predicted octanol–water partition coefficient (Wildman–Crippen LogP) is 2.46. The van der Waals surface area contributed by atoms with E-state index in [0.29, 0.717) is 24.8 Å². The number of aromatic nitrogens is 1. The highest BCUT2D eigenvalue weighted by Crippen LogP contribution is 2.19. The number of amides is 1. The quantitative estimate of drug-likeness (QED) is 0.633. The molecule has 0 bridgehead atoms. The van der Waals surface area contributed by atoms with E-state index >= 15 is 0 Å². The van der Waals surface area contributed by atoms with Crippen LogP contribution in [0.1, 0.15) is 34.1 Å². The number of pyridine rings is 1. The average Bonchev–Trinajstić information content (AvgIpc) is 2.48. The molecule has 1 fully saturated rings. The minimum absolute atomic E-state index is 0.00407. The lowest BCUT2D eigenvalue weighted by atomic mass is 10.2. The summed E-state index contributed by atoms with van der Waals surface area (Å²) in [5.41, 5.74) is 0.610. The molecule has 0 saturated carbocycles. The van der Waals surface area contributed by atoms with Crippen LogP contribution in [0.25, 0.3) is 0 Å². The van der Waals surface area contributed by atoms with Crippen LogP contribution in [0.2, 0.25) is 0 Å².